The van der Waals surface area contributed by atoms with Crippen LogP contribution in [0.5, 0.6) is 0 Å². The summed E-state index contributed by atoms with van der Waals surface area (Å²) in [5.74, 6) is -2.66. The van der Waals surface area contributed by atoms with Crippen molar-refractivity contribution < 1.29 is 33.7 Å². The summed E-state index contributed by atoms with van der Waals surface area (Å²) in [5.41, 5.74) is -2.69. The van der Waals surface area contributed by atoms with E-state index in [2.05, 4.69) is 20.2 Å². The van der Waals surface area contributed by atoms with E-state index in [1.165, 1.54) is 30.5 Å². The number of rotatable bonds is 8. The molecule has 0 saturated carbocycles. The van der Waals surface area contributed by atoms with Crippen LogP contribution in [0.4, 0.5) is 0 Å². The topological polar surface area (TPSA) is 174 Å². The van der Waals surface area contributed by atoms with Crippen molar-refractivity contribution in [1.29, 1.82) is 0 Å². The van der Waals surface area contributed by atoms with E-state index >= 15 is 0 Å². The largest absolute Gasteiger partial charge is 0.459 e. The predicted molar refractivity (Wildman–Crippen MR) is 150 cm³/mol. The second-order valence-corrected chi connectivity index (χ2v) is 9.81. The highest BCUT2D eigenvalue weighted by atomic mass is 16.6. The Kier molecular flexibility index (Phi) is 7.36. The quantitative estimate of drug-likeness (QED) is 0.183. The van der Waals surface area contributed by atoms with E-state index in [9.17, 15) is 24.3 Å². The molecule has 4 atom stereocenters. The van der Waals surface area contributed by atoms with Crippen LogP contribution in [0, 0.1) is 0 Å². The monoisotopic (exact) mass is 580 g/mol. The molecular formula is C31H24N4O8. The minimum Gasteiger partial charge on any atom is -0.459 e. The van der Waals surface area contributed by atoms with Gasteiger partial charge in [0.2, 0.25) is 11.4 Å². The first-order chi connectivity index (χ1) is 20.9. The van der Waals surface area contributed by atoms with Crippen molar-refractivity contribution in [1.82, 2.24) is 20.2 Å². The van der Waals surface area contributed by atoms with Gasteiger partial charge < -0.3 is 24.3 Å². The molecule has 1 aliphatic rings. The predicted octanol–water partition coefficient (Wildman–Crippen LogP) is 2.78. The van der Waals surface area contributed by atoms with Gasteiger partial charge in [0.05, 0.1) is 17.3 Å². The molecule has 1 fully saturated rings. The first-order valence-electron chi connectivity index (χ1n) is 13.3. The van der Waals surface area contributed by atoms with Crippen LogP contribution >= 0.6 is 0 Å². The van der Waals surface area contributed by atoms with Crippen LogP contribution < -0.4 is 5.56 Å². The van der Waals surface area contributed by atoms with Gasteiger partial charge in [0.25, 0.3) is 5.56 Å². The molecule has 6 rings (SSSR count). The second-order valence-electron chi connectivity index (χ2n) is 9.81. The van der Waals surface area contributed by atoms with Crippen LogP contribution in [0.2, 0.25) is 0 Å². The lowest BCUT2D eigenvalue weighted by atomic mass is 9.82. The first-order valence-corrected chi connectivity index (χ1v) is 13.3. The fraction of sp³-hybridized carbons (Fsp3) is 0.161. The van der Waals surface area contributed by atoms with Gasteiger partial charge in [-0.05, 0) is 24.3 Å². The highest BCUT2D eigenvalue weighted by Crippen LogP contribution is 2.44. The molecule has 0 bridgehead atoms. The van der Waals surface area contributed by atoms with Gasteiger partial charge in [-0.2, -0.15) is 5.10 Å². The summed E-state index contributed by atoms with van der Waals surface area (Å²) in [6.45, 7) is -0.516. The van der Waals surface area contributed by atoms with Gasteiger partial charge in [0.15, 0.2) is 17.9 Å². The van der Waals surface area contributed by atoms with Crippen LogP contribution in [-0.4, -0.2) is 67.4 Å². The zero-order valence-electron chi connectivity index (χ0n) is 22.4. The third-order valence-corrected chi connectivity index (χ3v) is 7.10. The number of ketones is 1. The summed E-state index contributed by atoms with van der Waals surface area (Å²) in [6.07, 6.45) is -3.44. The van der Waals surface area contributed by atoms with Crippen LogP contribution in [0.25, 0.3) is 11.0 Å². The summed E-state index contributed by atoms with van der Waals surface area (Å²) in [7, 11) is 0. The number of benzene rings is 3. The summed E-state index contributed by atoms with van der Waals surface area (Å²) in [6, 6.07) is 24.0. The molecule has 0 spiro atoms. The molecule has 12 heteroatoms. The van der Waals surface area contributed by atoms with Crippen LogP contribution in [0.3, 0.4) is 0 Å². The number of fused-ring (bicyclic) bond motifs is 1. The number of nitrogens with zero attached hydrogens (tertiary/aromatic N) is 2. The Morgan fingerprint density at radius 3 is 2.07 bits per heavy atom. The van der Waals surface area contributed by atoms with Crippen molar-refractivity contribution in [3.8, 4) is 0 Å². The molecule has 12 nitrogen and oxygen atoms in total. The van der Waals surface area contributed by atoms with Crippen molar-refractivity contribution in [2.75, 3.05) is 6.61 Å². The number of aromatic amines is 2. The molecule has 3 aromatic carbocycles. The van der Waals surface area contributed by atoms with Crippen molar-refractivity contribution in [3.05, 3.63) is 130 Å². The Morgan fingerprint density at radius 2 is 1.44 bits per heavy atom. The Balaban J connectivity index is 1.44. The standard InChI is InChI=1S/C31H24N4O8/c36-23(18-10-4-1-5-11-18)31(40)24(43-30(39)20-14-8-3-9-15-20)22(17-41-29(38)19-12-6-2-7-13-19)42-25(31)27-33-26-21(16-32-35-26)28(37)34-27/h1-16,22,24-25,40H,17H2,(H2,32,33,34,35,37)/t22-,24-,25+,31-/m0/s1. The molecule has 2 aromatic heterocycles. The second kappa shape index (κ2) is 11.4. The zero-order chi connectivity index (χ0) is 30.0. The van der Waals surface area contributed by atoms with E-state index in [-0.39, 0.29) is 33.5 Å². The normalized spacial score (nSPS) is 21.4. The van der Waals surface area contributed by atoms with Gasteiger partial charge in [0, 0.05) is 5.56 Å². The fourth-order valence-corrected chi connectivity index (χ4v) is 4.98. The van der Waals surface area contributed by atoms with Gasteiger partial charge in [-0.1, -0.05) is 66.7 Å². The lowest BCUT2D eigenvalue weighted by molar-refractivity contribution is -0.0641. The van der Waals surface area contributed by atoms with Gasteiger partial charge >= 0.3 is 11.9 Å². The highest BCUT2D eigenvalue weighted by molar-refractivity contribution is 6.04. The van der Waals surface area contributed by atoms with Crippen molar-refractivity contribution >= 4 is 28.8 Å². The molecule has 0 aliphatic carbocycles. The summed E-state index contributed by atoms with van der Waals surface area (Å²) in [4.78, 5) is 59.9. The van der Waals surface area contributed by atoms with Crippen LogP contribution in [0.1, 0.15) is 43.0 Å². The Bertz CT molecular complexity index is 1840. The first kappa shape index (κ1) is 27.7. The minimum atomic E-state index is -2.63. The smallest absolute Gasteiger partial charge is 0.338 e. The molecular weight excluding hydrogens is 556 g/mol. The highest BCUT2D eigenvalue weighted by Gasteiger charge is 2.64. The number of hydrogen-bond acceptors (Lipinski definition) is 10. The number of hydrogen-bond donors (Lipinski definition) is 3. The maximum atomic E-state index is 14.1. The van der Waals surface area contributed by atoms with Gasteiger partial charge in [-0.15, -0.1) is 0 Å². The Labute approximate surface area is 243 Å². The molecule has 0 unspecified atom stereocenters. The average Bonchev–Trinajstić information content (AvgIpc) is 3.64. The van der Waals surface area contributed by atoms with Crippen LogP contribution in [0.15, 0.2) is 102 Å². The summed E-state index contributed by atoms with van der Waals surface area (Å²) >= 11 is 0. The van der Waals surface area contributed by atoms with Crippen molar-refractivity contribution in [3.63, 3.8) is 0 Å². The average molecular weight is 581 g/mol. The summed E-state index contributed by atoms with van der Waals surface area (Å²) < 4.78 is 17.4. The lowest BCUT2D eigenvalue weighted by Gasteiger charge is -2.31. The molecule has 0 amide bonds. The molecule has 0 radical (unpaired) electrons. The molecule has 1 aliphatic heterocycles. The third-order valence-electron chi connectivity index (χ3n) is 7.10. The lowest BCUT2D eigenvalue weighted by Crippen LogP contribution is -2.54. The molecule has 43 heavy (non-hydrogen) atoms. The van der Waals surface area contributed by atoms with E-state index in [1.54, 1.807) is 66.7 Å². The van der Waals surface area contributed by atoms with Gasteiger partial charge in [-0.25, -0.2) is 14.6 Å². The number of nitrogens with one attached hydrogen (secondary N) is 2. The summed E-state index contributed by atoms with van der Waals surface area (Å²) in [5, 5.41) is 18.9. The fourth-order valence-electron chi connectivity index (χ4n) is 4.98. The maximum Gasteiger partial charge on any atom is 0.338 e. The number of Topliss-reactive ketones (excluding diaryl/α,β-unsaturated/α-hetero) is 1. The van der Waals surface area contributed by atoms with Crippen molar-refractivity contribution in [2.45, 2.75) is 23.9 Å². The van der Waals surface area contributed by atoms with E-state index in [0.717, 1.165) is 0 Å². The number of carbonyl (C=O) groups excluding carboxylic acids is 3. The third kappa shape index (κ3) is 5.20. The minimum absolute atomic E-state index is 0.0752. The van der Waals surface area contributed by atoms with Crippen molar-refractivity contribution in [2.24, 2.45) is 0 Å². The maximum absolute atomic E-state index is 14.1. The van der Waals surface area contributed by atoms with E-state index in [4.69, 9.17) is 14.2 Å². The zero-order valence-corrected chi connectivity index (χ0v) is 22.4. The Hall–Kier alpha value is -5.46. The molecule has 1 saturated heterocycles. The number of esters is 2. The molecule has 3 heterocycles. The Morgan fingerprint density at radius 1 is 0.860 bits per heavy atom. The number of carbonyl (C=O) groups is 3. The van der Waals surface area contributed by atoms with Crippen LogP contribution in [-0.2, 0) is 14.2 Å². The SMILES string of the molecule is O=C(OC[C@@H]1O[C@H](c2nc3[nH]ncc3c(=O)[nH]2)[C@](O)(C(=O)c2ccccc2)[C@H]1OC(=O)c1ccccc1)c1ccccc1. The number of aliphatic hydroxyl groups is 1. The van der Waals surface area contributed by atoms with E-state index < -0.39 is 53.8 Å². The van der Waals surface area contributed by atoms with Gasteiger partial charge in [-0.3, -0.25) is 14.7 Å². The number of aromatic nitrogens is 4. The molecule has 5 aromatic rings. The number of H-pyrrole nitrogens is 2. The van der Waals surface area contributed by atoms with Gasteiger partial charge in [0.1, 0.15) is 23.9 Å². The number of ether oxygens (including phenoxy) is 3. The van der Waals surface area contributed by atoms with E-state index in [0.29, 0.717) is 0 Å². The van der Waals surface area contributed by atoms with E-state index in [1.807, 2.05) is 0 Å². The molecule has 216 valence electrons. The molecule has 3 N–H and O–H groups in total.